The molecule has 7 heteroatoms. The van der Waals surface area contributed by atoms with Crippen LogP contribution in [0.25, 0.3) is 0 Å². The van der Waals surface area contributed by atoms with Crippen LogP contribution in [0.15, 0.2) is 36.4 Å². The molecule has 0 radical (unpaired) electrons. The molecule has 0 heterocycles. The van der Waals surface area contributed by atoms with E-state index in [4.69, 9.17) is 4.74 Å². The Labute approximate surface area is 131 Å². The Morgan fingerprint density at radius 2 is 1.70 bits per heavy atom. The van der Waals surface area contributed by atoms with Crippen LogP contribution in [0.4, 0.5) is 5.69 Å². The molecule has 23 heavy (non-hydrogen) atoms. The van der Waals surface area contributed by atoms with Gasteiger partial charge < -0.3 is 25.4 Å². The van der Waals surface area contributed by atoms with Crippen molar-refractivity contribution in [3.63, 3.8) is 0 Å². The molecule has 2 rings (SSSR count). The molecule has 0 atom stereocenters. The lowest BCUT2D eigenvalue weighted by atomic mass is 10.1. The van der Waals surface area contributed by atoms with E-state index in [1.54, 1.807) is 19.1 Å². The van der Waals surface area contributed by atoms with Gasteiger partial charge in [-0.05, 0) is 31.2 Å². The van der Waals surface area contributed by atoms with Gasteiger partial charge in [-0.3, -0.25) is 4.79 Å². The van der Waals surface area contributed by atoms with E-state index in [1.807, 2.05) is 0 Å². The van der Waals surface area contributed by atoms with Crippen LogP contribution in [0.3, 0.4) is 0 Å². The molecular formula is C16H15NO6. The Morgan fingerprint density at radius 1 is 1.00 bits per heavy atom. The van der Waals surface area contributed by atoms with Crippen LogP contribution in [-0.4, -0.2) is 33.8 Å². The molecule has 7 nitrogen and oxygen atoms in total. The highest BCUT2D eigenvalue weighted by Gasteiger charge is 2.19. The maximum Gasteiger partial charge on any atom is 0.340 e. The van der Waals surface area contributed by atoms with Crippen LogP contribution in [0.5, 0.6) is 17.2 Å². The molecule has 1 amide bonds. The zero-order valence-corrected chi connectivity index (χ0v) is 12.2. The highest BCUT2D eigenvalue weighted by atomic mass is 16.5. The summed E-state index contributed by atoms with van der Waals surface area (Å²) < 4.78 is 4.90. The van der Waals surface area contributed by atoms with Crippen LogP contribution < -0.4 is 5.32 Å². The molecule has 0 saturated heterocycles. The second-order valence-corrected chi connectivity index (χ2v) is 4.55. The van der Waals surface area contributed by atoms with Crippen molar-refractivity contribution in [1.29, 1.82) is 0 Å². The van der Waals surface area contributed by atoms with Crippen molar-refractivity contribution in [2.24, 2.45) is 0 Å². The lowest BCUT2D eigenvalue weighted by Gasteiger charge is -2.11. The van der Waals surface area contributed by atoms with E-state index < -0.39 is 29.1 Å². The van der Waals surface area contributed by atoms with Crippen molar-refractivity contribution in [3.05, 3.63) is 47.5 Å². The van der Waals surface area contributed by atoms with Crippen molar-refractivity contribution < 1.29 is 29.6 Å². The summed E-state index contributed by atoms with van der Waals surface area (Å²) in [5.41, 5.74) is 0.104. The van der Waals surface area contributed by atoms with E-state index in [1.165, 1.54) is 12.1 Å². The fraction of sp³-hybridized carbons (Fsp3) is 0.125. The second-order valence-electron chi connectivity index (χ2n) is 4.55. The van der Waals surface area contributed by atoms with E-state index in [9.17, 15) is 24.9 Å². The summed E-state index contributed by atoms with van der Waals surface area (Å²) in [5, 5.41) is 30.9. The first-order valence-corrected chi connectivity index (χ1v) is 6.77. The molecule has 0 fully saturated rings. The zero-order chi connectivity index (χ0) is 17.0. The third-order valence-electron chi connectivity index (χ3n) is 3.05. The lowest BCUT2D eigenvalue weighted by Crippen LogP contribution is -2.16. The number of aromatic hydroxyl groups is 3. The maximum atomic E-state index is 12.2. The van der Waals surface area contributed by atoms with Gasteiger partial charge in [-0.2, -0.15) is 0 Å². The third kappa shape index (κ3) is 3.34. The minimum Gasteiger partial charge on any atom is -0.504 e. The Kier molecular flexibility index (Phi) is 4.70. The molecule has 0 unspecified atom stereocenters. The van der Waals surface area contributed by atoms with Gasteiger partial charge in [0.25, 0.3) is 5.91 Å². The largest absolute Gasteiger partial charge is 0.504 e. The Hall–Kier alpha value is -3.22. The topological polar surface area (TPSA) is 116 Å². The van der Waals surface area contributed by atoms with Gasteiger partial charge in [-0.25, -0.2) is 4.79 Å². The van der Waals surface area contributed by atoms with Gasteiger partial charge in [0.15, 0.2) is 11.5 Å². The first kappa shape index (κ1) is 16.2. The van der Waals surface area contributed by atoms with Crippen LogP contribution >= 0.6 is 0 Å². The quantitative estimate of drug-likeness (QED) is 0.507. The predicted molar refractivity (Wildman–Crippen MR) is 81.8 cm³/mol. The fourth-order valence-electron chi connectivity index (χ4n) is 1.92. The monoisotopic (exact) mass is 317 g/mol. The number of anilines is 1. The van der Waals surface area contributed by atoms with Gasteiger partial charge in [-0.15, -0.1) is 0 Å². The van der Waals surface area contributed by atoms with E-state index in [0.29, 0.717) is 0 Å². The van der Waals surface area contributed by atoms with Gasteiger partial charge in [0.2, 0.25) is 5.75 Å². The van der Waals surface area contributed by atoms with Crippen molar-refractivity contribution in [2.75, 3.05) is 11.9 Å². The third-order valence-corrected chi connectivity index (χ3v) is 3.05. The number of esters is 1. The zero-order valence-electron chi connectivity index (χ0n) is 12.2. The number of benzene rings is 2. The molecule has 4 N–H and O–H groups in total. The summed E-state index contributed by atoms with van der Waals surface area (Å²) in [5.74, 6) is -3.45. The summed E-state index contributed by atoms with van der Waals surface area (Å²) in [6.45, 7) is 1.85. The normalized spacial score (nSPS) is 10.1. The second kappa shape index (κ2) is 6.69. The van der Waals surface area contributed by atoms with Crippen LogP contribution in [0.1, 0.15) is 27.6 Å². The van der Waals surface area contributed by atoms with E-state index in [2.05, 4.69) is 5.32 Å². The highest BCUT2D eigenvalue weighted by Crippen LogP contribution is 2.37. The molecule has 0 aliphatic rings. The highest BCUT2D eigenvalue weighted by molar-refractivity contribution is 6.09. The van der Waals surface area contributed by atoms with Crippen molar-refractivity contribution in [3.8, 4) is 17.2 Å². The molecule has 0 spiro atoms. The van der Waals surface area contributed by atoms with Gasteiger partial charge in [0.05, 0.1) is 23.4 Å². The predicted octanol–water partition coefficient (Wildman–Crippen LogP) is 2.23. The standard InChI is InChI=1S/C16H15NO6/c1-2-23-16(22)9-5-3-4-6-11(9)17-15(21)10-7-8-12(18)14(20)13(10)19/h3-8,18-20H,2H2,1H3,(H,17,21). The molecule has 120 valence electrons. The number of para-hydroxylation sites is 1. The number of carbonyl (C=O) groups is 2. The number of hydrogen-bond donors (Lipinski definition) is 4. The summed E-state index contributed by atoms with van der Waals surface area (Å²) in [6.07, 6.45) is 0. The molecule has 0 bridgehead atoms. The number of carbonyl (C=O) groups excluding carboxylic acids is 2. The van der Waals surface area contributed by atoms with Gasteiger partial charge in [-0.1, -0.05) is 12.1 Å². The maximum absolute atomic E-state index is 12.2. The van der Waals surface area contributed by atoms with E-state index in [-0.39, 0.29) is 23.4 Å². The first-order valence-electron chi connectivity index (χ1n) is 6.77. The van der Waals surface area contributed by atoms with Crippen LogP contribution in [0, 0.1) is 0 Å². The molecule has 0 aliphatic heterocycles. The molecular weight excluding hydrogens is 302 g/mol. The summed E-state index contributed by atoms with van der Waals surface area (Å²) in [6, 6.07) is 8.44. The minimum atomic E-state index is -0.795. The molecule has 2 aromatic carbocycles. The van der Waals surface area contributed by atoms with Crippen molar-refractivity contribution >= 4 is 17.6 Å². The van der Waals surface area contributed by atoms with Crippen molar-refractivity contribution in [1.82, 2.24) is 0 Å². The minimum absolute atomic E-state index is 0.158. The Morgan fingerprint density at radius 3 is 2.39 bits per heavy atom. The molecule has 0 aliphatic carbocycles. The summed E-state index contributed by atoms with van der Waals surface area (Å²) in [4.78, 5) is 24.1. The van der Waals surface area contributed by atoms with Gasteiger partial charge in [0, 0.05) is 0 Å². The van der Waals surface area contributed by atoms with Gasteiger partial charge in [0.1, 0.15) is 0 Å². The van der Waals surface area contributed by atoms with E-state index >= 15 is 0 Å². The Bertz CT molecular complexity index is 756. The smallest absolute Gasteiger partial charge is 0.340 e. The average Bonchev–Trinajstić information content (AvgIpc) is 2.53. The number of phenols is 3. The number of nitrogens with one attached hydrogen (secondary N) is 1. The van der Waals surface area contributed by atoms with Crippen LogP contribution in [-0.2, 0) is 4.74 Å². The lowest BCUT2D eigenvalue weighted by molar-refractivity contribution is 0.0527. The fourth-order valence-corrected chi connectivity index (χ4v) is 1.92. The first-order chi connectivity index (χ1) is 11.0. The number of rotatable bonds is 4. The molecule has 0 aromatic heterocycles. The van der Waals surface area contributed by atoms with Crippen molar-refractivity contribution in [2.45, 2.75) is 6.92 Å². The molecule has 0 saturated carbocycles. The molecule has 2 aromatic rings. The number of ether oxygens (including phenoxy) is 1. The average molecular weight is 317 g/mol. The SMILES string of the molecule is CCOC(=O)c1ccccc1NC(=O)c1ccc(O)c(O)c1O. The summed E-state index contributed by atoms with van der Waals surface area (Å²) in [7, 11) is 0. The number of hydrogen-bond acceptors (Lipinski definition) is 6. The Balaban J connectivity index is 2.31. The van der Waals surface area contributed by atoms with E-state index in [0.717, 1.165) is 12.1 Å². The number of phenolic OH excluding ortho intramolecular Hbond substituents is 3. The van der Waals surface area contributed by atoms with Crippen LogP contribution in [0.2, 0.25) is 0 Å². The van der Waals surface area contributed by atoms with Gasteiger partial charge >= 0.3 is 5.97 Å². The number of amides is 1. The summed E-state index contributed by atoms with van der Waals surface area (Å²) >= 11 is 0.